The maximum atomic E-state index is 12.8. The summed E-state index contributed by atoms with van der Waals surface area (Å²) in [6.07, 6.45) is 5.70. The van der Waals surface area contributed by atoms with E-state index < -0.39 is 0 Å². The fraction of sp³-hybridized carbons (Fsp3) is 0.292. The maximum Gasteiger partial charge on any atom is 0.254 e. The highest BCUT2D eigenvalue weighted by Crippen LogP contribution is 2.26. The van der Waals surface area contributed by atoms with E-state index in [-0.39, 0.29) is 5.91 Å². The highest BCUT2D eigenvalue weighted by atomic mass is 16.5. The van der Waals surface area contributed by atoms with E-state index in [2.05, 4.69) is 29.1 Å². The zero-order valence-corrected chi connectivity index (χ0v) is 17.5. The smallest absolute Gasteiger partial charge is 0.254 e. The van der Waals surface area contributed by atoms with E-state index in [0.29, 0.717) is 23.6 Å². The molecule has 6 nitrogen and oxygen atoms in total. The summed E-state index contributed by atoms with van der Waals surface area (Å²) in [5.41, 5.74) is 3.50. The molecule has 0 bridgehead atoms. The Morgan fingerprint density at radius 3 is 2.10 bits per heavy atom. The van der Waals surface area contributed by atoms with Gasteiger partial charge in [-0.25, -0.2) is 9.97 Å². The predicted molar refractivity (Wildman–Crippen MR) is 118 cm³/mol. The summed E-state index contributed by atoms with van der Waals surface area (Å²) in [6.45, 7) is 4.23. The first-order valence-corrected chi connectivity index (χ1v) is 10.2. The second-order valence-electron chi connectivity index (χ2n) is 7.71. The lowest BCUT2D eigenvalue weighted by atomic mass is 10.1. The van der Waals surface area contributed by atoms with Crippen LogP contribution in [0.5, 0.6) is 5.75 Å². The molecule has 2 heterocycles. The van der Waals surface area contributed by atoms with E-state index in [4.69, 9.17) is 4.74 Å². The van der Waals surface area contributed by atoms with Crippen LogP contribution in [0.4, 0.5) is 11.6 Å². The first kappa shape index (κ1) is 19.9. The van der Waals surface area contributed by atoms with Crippen molar-refractivity contribution < 1.29 is 9.53 Å². The number of nitrogens with zero attached hydrogens (tertiary/aromatic N) is 3. The second kappa shape index (κ2) is 8.53. The summed E-state index contributed by atoms with van der Waals surface area (Å²) >= 11 is 0. The molecule has 3 aromatic rings. The lowest BCUT2D eigenvalue weighted by Gasteiger charge is -2.26. The number of aromatic nitrogens is 2. The van der Waals surface area contributed by atoms with E-state index in [9.17, 15) is 4.79 Å². The van der Waals surface area contributed by atoms with Gasteiger partial charge in [0.1, 0.15) is 5.75 Å². The van der Waals surface area contributed by atoms with Crippen LogP contribution in [0.15, 0.2) is 60.9 Å². The number of hydrogen-bond donors (Lipinski definition) is 1. The Hall–Kier alpha value is -3.41. The molecule has 0 radical (unpaired) electrons. The molecule has 0 aliphatic carbocycles. The fourth-order valence-electron chi connectivity index (χ4n) is 3.89. The summed E-state index contributed by atoms with van der Waals surface area (Å²) in [6, 6.07) is 15.8. The lowest BCUT2D eigenvalue weighted by Crippen LogP contribution is -2.38. The Labute approximate surface area is 176 Å². The van der Waals surface area contributed by atoms with Gasteiger partial charge in [0.15, 0.2) is 0 Å². The van der Waals surface area contributed by atoms with Gasteiger partial charge < -0.3 is 15.0 Å². The second-order valence-corrected chi connectivity index (χ2v) is 7.71. The van der Waals surface area contributed by atoms with Crippen molar-refractivity contribution in [2.75, 3.05) is 12.4 Å². The van der Waals surface area contributed by atoms with E-state index in [0.717, 1.165) is 35.4 Å². The molecule has 2 atom stereocenters. The van der Waals surface area contributed by atoms with Gasteiger partial charge in [0.05, 0.1) is 7.11 Å². The number of nitrogens with one attached hydrogen (secondary N) is 1. The van der Waals surface area contributed by atoms with Crippen molar-refractivity contribution in [3.63, 3.8) is 0 Å². The molecule has 4 rings (SSSR count). The zero-order valence-electron chi connectivity index (χ0n) is 17.5. The van der Waals surface area contributed by atoms with Crippen LogP contribution in [0.3, 0.4) is 0 Å². The molecule has 1 saturated heterocycles. The van der Waals surface area contributed by atoms with Crippen LogP contribution in [-0.2, 0) is 0 Å². The topological polar surface area (TPSA) is 67.3 Å². The summed E-state index contributed by atoms with van der Waals surface area (Å²) in [5, 5.41) is 3.19. The number of hydrogen-bond acceptors (Lipinski definition) is 5. The van der Waals surface area contributed by atoms with Gasteiger partial charge in [-0.2, -0.15) is 0 Å². The highest BCUT2D eigenvalue weighted by molar-refractivity contribution is 5.95. The third-order valence-corrected chi connectivity index (χ3v) is 5.65. The zero-order chi connectivity index (χ0) is 21.1. The Kier molecular flexibility index (Phi) is 5.65. The van der Waals surface area contributed by atoms with Crippen molar-refractivity contribution in [1.29, 1.82) is 0 Å². The van der Waals surface area contributed by atoms with Gasteiger partial charge in [-0.15, -0.1) is 0 Å². The standard InChI is InChI=1S/C24H26N4O2/c1-16-4-5-17(2)28(16)23(29)19-6-10-21(11-7-19)27-24-25-14-20(15-26-24)18-8-12-22(30-3)13-9-18/h6-17H,4-5H2,1-3H3,(H,25,26,27). The molecule has 2 unspecified atom stereocenters. The largest absolute Gasteiger partial charge is 0.497 e. The summed E-state index contributed by atoms with van der Waals surface area (Å²) in [4.78, 5) is 23.6. The Bertz CT molecular complexity index is 991. The average molecular weight is 402 g/mol. The number of methoxy groups -OCH3 is 1. The Morgan fingerprint density at radius 1 is 0.933 bits per heavy atom. The van der Waals surface area contributed by atoms with Crippen molar-refractivity contribution in [2.24, 2.45) is 0 Å². The Balaban J connectivity index is 1.42. The van der Waals surface area contributed by atoms with Crippen molar-refractivity contribution in [2.45, 2.75) is 38.8 Å². The third kappa shape index (κ3) is 4.13. The van der Waals surface area contributed by atoms with E-state index in [1.165, 1.54) is 0 Å². The lowest BCUT2D eigenvalue weighted by molar-refractivity contribution is 0.0693. The van der Waals surface area contributed by atoms with Crippen molar-refractivity contribution in [3.8, 4) is 16.9 Å². The number of carbonyl (C=O) groups excluding carboxylic acids is 1. The van der Waals surface area contributed by atoms with Crippen molar-refractivity contribution in [3.05, 3.63) is 66.5 Å². The maximum absolute atomic E-state index is 12.8. The molecule has 1 fully saturated rings. The number of amides is 1. The molecule has 1 aliphatic heterocycles. The van der Waals surface area contributed by atoms with E-state index in [1.54, 1.807) is 19.5 Å². The van der Waals surface area contributed by atoms with Crippen LogP contribution in [0, 0.1) is 0 Å². The van der Waals surface area contributed by atoms with Crippen LogP contribution < -0.4 is 10.1 Å². The molecule has 1 aromatic heterocycles. The van der Waals surface area contributed by atoms with Crippen molar-refractivity contribution >= 4 is 17.5 Å². The van der Waals surface area contributed by atoms with Gasteiger partial charge in [0.25, 0.3) is 5.91 Å². The molecular formula is C24H26N4O2. The van der Waals surface area contributed by atoms with E-state index >= 15 is 0 Å². The van der Waals surface area contributed by atoms with Gasteiger partial charge in [-0.05, 0) is 68.7 Å². The number of benzene rings is 2. The molecule has 0 saturated carbocycles. The molecule has 1 N–H and O–H groups in total. The van der Waals surface area contributed by atoms with Gasteiger partial charge >= 0.3 is 0 Å². The summed E-state index contributed by atoms with van der Waals surface area (Å²) in [7, 11) is 1.65. The van der Waals surface area contributed by atoms with Gasteiger partial charge in [0, 0.05) is 41.3 Å². The first-order valence-electron chi connectivity index (χ1n) is 10.2. The predicted octanol–water partition coefficient (Wildman–Crippen LogP) is 4.91. The van der Waals surface area contributed by atoms with Gasteiger partial charge in [-0.1, -0.05) is 12.1 Å². The summed E-state index contributed by atoms with van der Waals surface area (Å²) < 4.78 is 5.19. The minimum absolute atomic E-state index is 0.0964. The van der Waals surface area contributed by atoms with Crippen LogP contribution in [0.1, 0.15) is 37.0 Å². The quantitative estimate of drug-likeness (QED) is 0.657. The molecule has 6 heteroatoms. The summed E-state index contributed by atoms with van der Waals surface area (Å²) in [5.74, 6) is 1.42. The Morgan fingerprint density at radius 2 is 1.53 bits per heavy atom. The third-order valence-electron chi connectivity index (χ3n) is 5.65. The number of carbonyl (C=O) groups is 1. The fourth-order valence-corrected chi connectivity index (χ4v) is 3.89. The highest BCUT2D eigenvalue weighted by Gasteiger charge is 2.31. The normalized spacial score (nSPS) is 18.3. The minimum Gasteiger partial charge on any atom is -0.497 e. The van der Waals surface area contributed by atoms with Crippen LogP contribution in [-0.4, -0.2) is 40.0 Å². The molecule has 0 spiro atoms. The number of likely N-dealkylation sites (tertiary alicyclic amines) is 1. The van der Waals surface area contributed by atoms with Crippen molar-refractivity contribution in [1.82, 2.24) is 14.9 Å². The number of anilines is 2. The number of ether oxygens (including phenoxy) is 1. The molecular weight excluding hydrogens is 376 g/mol. The monoisotopic (exact) mass is 402 g/mol. The molecule has 1 amide bonds. The average Bonchev–Trinajstić information content (AvgIpc) is 3.12. The number of rotatable bonds is 5. The molecule has 154 valence electrons. The van der Waals surface area contributed by atoms with Crippen LogP contribution in [0.2, 0.25) is 0 Å². The van der Waals surface area contributed by atoms with Crippen LogP contribution in [0.25, 0.3) is 11.1 Å². The van der Waals surface area contributed by atoms with Gasteiger partial charge in [0.2, 0.25) is 5.95 Å². The van der Waals surface area contributed by atoms with Crippen LogP contribution >= 0.6 is 0 Å². The first-order chi connectivity index (χ1) is 14.5. The molecule has 30 heavy (non-hydrogen) atoms. The molecule has 1 aliphatic rings. The van der Waals surface area contributed by atoms with E-state index in [1.807, 2.05) is 53.4 Å². The molecule has 2 aromatic carbocycles. The minimum atomic E-state index is 0.0964. The SMILES string of the molecule is COc1ccc(-c2cnc(Nc3ccc(C(=O)N4C(C)CCC4C)cc3)nc2)cc1. The van der Waals surface area contributed by atoms with Gasteiger partial charge in [-0.3, -0.25) is 4.79 Å².